The van der Waals surface area contributed by atoms with Crippen LogP contribution in [0.1, 0.15) is 5.48 Å². The van der Waals surface area contributed by atoms with E-state index in [0.717, 1.165) is 0 Å². The molecule has 15 heavy (non-hydrogen) atoms. The van der Waals surface area contributed by atoms with Crippen LogP contribution in [0, 0.1) is 0 Å². The average molecular weight is 202 g/mol. The maximum Gasteiger partial charge on any atom is 0.489 e. The van der Waals surface area contributed by atoms with Gasteiger partial charge >= 0.3 is 7.12 Å². The van der Waals surface area contributed by atoms with Gasteiger partial charge in [0, 0.05) is 0 Å². The SMILES string of the molecule is [2H]c1c([2H])c([2H])c(-c2ccccc2)c(B(O)O)c1[2H]. The molecule has 2 nitrogen and oxygen atoms in total. The minimum Gasteiger partial charge on any atom is -0.423 e. The second-order valence-corrected chi connectivity index (χ2v) is 3.03. The average Bonchev–Trinajstić information content (AvgIpc) is 2.40. The molecule has 74 valence electrons. The molecular weight excluding hydrogens is 187 g/mol. The van der Waals surface area contributed by atoms with Crippen molar-refractivity contribution >= 4 is 12.6 Å². The predicted octanol–water partition coefficient (Wildman–Crippen LogP) is 1.03. The zero-order valence-corrected chi connectivity index (χ0v) is 7.86. The van der Waals surface area contributed by atoms with Gasteiger partial charge in [-0.25, -0.2) is 0 Å². The molecule has 0 amide bonds. The Labute approximate surface area is 94.6 Å². The van der Waals surface area contributed by atoms with E-state index in [2.05, 4.69) is 0 Å². The van der Waals surface area contributed by atoms with Crippen molar-refractivity contribution in [2.45, 2.75) is 0 Å². The van der Waals surface area contributed by atoms with Crippen LogP contribution >= 0.6 is 0 Å². The molecule has 0 unspecified atom stereocenters. The van der Waals surface area contributed by atoms with Crippen molar-refractivity contribution in [3.8, 4) is 11.1 Å². The Kier molecular flexibility index (Phi) is 1.75. The highest BCUT2D eigenvalue weighted by Gasteiger charge is 2.15. The lowest BCUT2D eigenvalue weighted by molar-refractivity contribution is 0.426. The molecule has 0 aromatic heterocycles. The largest absolute Gasteiger partial charge is 0.489 e. The van der Waals surface area contributed by atoms with Crippen LogP contribution in [0.15, 0.2) is 54.5 Å². The third-order valence-corrected chi connectivity index (χ3v) is 2.04. The molecule has 2 aromatic carbocycles. The highest BCUT2D eigenvalue weighted by Crippen LogP contribution is 2.16. The monoisotopic (exact) mass is 202 g/mol. The third-order valence-electron chi connectivity index (χ3n) is 2.04. The summed E-state index contributed by atoms with van der Waals surface area (Å²) in [7, 11) is -1.96. The summed E-state index contributed by atoms with van der Waals surface area (Å²) in [6.07, 6.45) is 0. The van der Waals surface area contributed by atoms with Crippen molar-refractivity contribution in [3.63, 3.8) is 0 Å². The summed E-state index contributed by atoms with van der Waals surface area (Å²) in [5.74, 6) is 0. The Hall–Kier alpha value is -1.58. The molecule has 2 aromatic rings. The molecule has 0 radical (unpaired) electrons. The van der Waals surface area contributed by atoms with E-state index in [-0.39, 0.29) is 17.1 Å². The highest BCUT2D eigenvalue weighted by atomic mass is 16.4. The molecule has 3 heteroatoms. The number of rotatable bonds is 2. The number of benzene rings is 2. The number of hydrogen-bond acceptors (Lipinski definition) is 2. The standard InChI is InChI=1S/C12H11BO2/c14-13(15)12-9-5-4-8-11(12)10-6-2-1-3-7-10/h1-9,14-15H/i4D,5D,8D,9D. The first-order valence-electron chi connectivity index (χ1n) is 6.47. The van der Waals surface area contributed by atoms with Crippen LogP contribution in [-0.4, -0.2) is 17.2 Å². The van der Waals surface area contributed by atoms with E-state index in [1.807, 2.05) is 0 Å². The van der Waals surface area contributed by atoms with E-state index >= 15 is 0 Å². The highest BCUT2D eigenvalue weighted by molar-refractivity contribution is 6.60. The fourth-order valence-electron chi connectivity index (χ4n) is 1.35. The normalized spacial score (nSPS) is 13.7. The summed E-state index contributed by atoms with van der Waals surface area (Å²) >= 11 is 0. The van der Waals surface area contributed by atoms with Gasteiger partial charge in [-0.3, -0.25) is 0 Å². The maximum absolute atomic E-state index is 9.39. The van der Waals surface area contributed by atoms with Gasteiger partial charge in [-0.05, 0) is 16.6 Å². The van der Waals surface area contributed by atoms with Crippen molar-refractivity contribution < 1.29 is 15.5 Å². The van der Waals surface area contributed by atoms with Crippen LogP contribution in [0.2, 0.25) is 0 Å². The predicted molar refractivity (Wildman–Crippen MR) is 61.7 cm³/mol. The zero-order chi connectivity index (χ0) is 14.2. The second kappa shape index (κ2) is 4.30. The van der Waals surface area contributed by atoms with Crippen molar-refractivity contribution in [2.75, 3.05) is 0 Å². The van der Waals surface area contributed by atoms with Gasteiger partial charge in [-0.1, -0.05) is 54.5 Å². The van der Waals surface area contributed by atoms with Gasteiger partial charge in [0.1, 0.15) is 0 Å². The molecule has 0 spiro atoms. The molecule has 0 saturated heterocycles. The first-order chi connectivity index (χ1) is 8.95. The van der Waals surface area contributed by atoms with Crippen LogP contribution < -0.4 is 5.46 Å². The van der Waals surface area contributed by atoms with E-state index in [1.54, 1.807) is 30.3 Å². The van der Waals surface area contributed by atoms with Gasteiger partial charge in [0.2, 0.25) is 0 Å². The van der Waals surface area contributed by atoms with Crippen LogP contribution in [0.5, 0.6) is 0 Å². The summed E-state index contributed by atoms with van der Waals surface area (Å²) in [5, 5.41) is 18.8. The van der Waals surface area contributed by atoms with Crippen molar-refractivity contribution in [3.05, 3.63) is 54.5 Å². The first kappa shape index (κ1) is 6.11. The summed E-state index contributed by atoms with van der Waals surface area (Å²) < 4.78 is 30.8. The molecular formula is C12H11BO2. The Morgan fingerprint density at radius 3 is 2.33 bits per heavy atom. The Bertz CT molecular complexity index is 617. The molecule has 0 saturated carbocycles. The van der Waals surface area contributed by atoms with Gasteiger partial charge in [0.25, 0.3) is 0 Å². The van der Waals surface area contributed by atoms with Gasteiger partial charge in [-0.15, -0.1) is 0 Å². The van der Waals surface area contributed by atoms with Crippen molar-refractivity contribution in [1.29, 1.82) is 0 Å². The van der Waals surface area contributed by atoms with Crippen molar-refractivity contribution in [1.82, 2.24) is 0 Å². The number of hydrogen-bond donors (Lipinski definition) is 2. The van der Waals surface area contributed by atoms with Crippen LogP contribution in [0.4, 0.5) is 0 Å². The molecule has 0 fully saturated rings. The maximum atomic E-state index is 9.39. The molecule has 2 rings (SSSR count). The first-order valence-corrected chi connectivity index (χ1v) is 4.47. The summed E-state index contributed by atoms with van der Waals surface area (Å²) in [5.41, 5.74) is 0.413. The summed E-state index contributed by atoms with van der Waals surface area (Å²) in [4.78, 5) is 0. The third kappa shape index (κ3) is 2.09. The molecule has 2 N–H and O–H groups in total. The van der Waals surface area contributed by atoms with Crippen LogP contribution in [-0.2, 0) is 0 Å². The minimum atomic E-state index is -1.96. The molecule has 0 heterocycles. The zero-order valence-electron chi connectivity index (χ0n) is 11.9. The topological polar surface area (TPSA) is 40.5 Å². The summed E-state index contributed by atoms with van der Waals surface area (Å²) in [6.45, 7) is 0. The Balaban J connectivity index is 2.86. The second-order valence-electron chi connectivity index (χ2n) is 3.03. The lowest BCUT2D eigenvalue weighted by Crippen LogP contribution is -2.31. The molecule has 0 atom stereocenters. The lowest BCUT2D eigenvalue weighted by atomic mass is 9.75. The Morgan fingerprint density at radius 1 is 1.00 bits per heavy atom. The summed E-state index contributed by atoms with van der Waals surface area (Å²) in [6, 6.07) is 6.91. The lowest BCUT2D eigenvalue weighted by Gasteiger charge is -2.08. The van der Waals surface area contributed by atoms with Crippen LogP contribution in [0.3, 0.4) is 0 Å². The van der Waals surface area contributed by atoms with E-state index in [1.165, 1.54) is 0 Å². The van der Waals surface area contributed by atoms with Gasteiger partial charge in [0.05, 0.1) is 5.48 Å². The molecule has 0 bridgehead atoms. The van der Waals surface area contributed by atoms with E-state index in [0.29, 0.717) is 5.56 Å². The van der Waals surface area contributed by atoms with Gasteiger partial charge in [0.15, 0.2) is 0 Å². The van der Waals surface area contributed by atoms with Crippen LogP contribution in [0.25, 0.3) is 11.1 Å². The molecule has 0 aliphatic rings. The van der Waals surface area contributed by atoms with E-state index in [4.69, 9.17) is 5.48 Å². The van der Waals surface area contributed by atoms with Gasteiger partial charge < -0.3 is 10.0 Å². The minimum absolute atomic E-state index is 0.113. The van der Waals surface area contributed by atoms with Crippen molar-refractivity contribution in [2.24, 2.45) is 0 Å². The molecule has 0 aliphatic carbocycles. The fraction of sp³-hybridized carbons (Fsp3) is 0. The van der Waals surface area contributed by atoms with Gasteiger partial charge in [-0.2, -0.15) is 0 Å². The smallest absolute Gasteiger partial charge is 0.423 e. The van der Waals surface area contributed by atoms with E-state index < -0.39 is 25.2 Å². The van der Waals surface area contributed by atoms with E-state index in [9.17, 15) is 10.0 Å². The fourth-order valence-corrected chi connectivity index (χ4v) is 1.35. The Morgan fingerprint density at radius 2 is 1.67 bits per heavy atom. The quantitative estimate of drug-likeness (QED) is 0.714. The molecule has 0 aliphatic heterocycles.